The summed E-state index contributed by atoms with van der Waals surface area (Å²) in [6.07, 6.45) is 0.473. The molecule has 0 saturated carbocycles. The van der Waals surface area contributed by atoms with E-state index in [-0.39, 0.29) is 29.7 Å². The fourth-order valence-corrected chi connectivity index (χ4v) is 2.95. The molecule has 0 aliphatic heterocycles. The number of rotatable bonds is 7. The van der Waals surface area contributed by atoms with Gasteiger partial charge in [-0.05, 0) is 48.7 Å². The third-order valence-electron chi connectivity index (χ3n) is 4.28. The van der Waals surface area contributed by atoms with Crippen molar-refractivity contribution in [2.75, 3.05) is 7.05 Å². The van der Waals surface area contributed by atoms with Crippen LogP contribution in [0.1, 0.15) is 30.4 Å². The van der Waals surface area contributed by atoms with Gasteiger partial charge in [-0.3, -0.25) is 9.79 Å². The summed E-state index contributed by atoms with van der Waals surface area (Å²) >= 11 is 0. The highest BCUT2D eigenvalue weighted by Gasteiger charge is 2.23. The van der Waals surface area contributed by atoms with Crippen LogP contribution in [0.2, 0.25) is 0 Å². The summed E-state index contributed by atoms with van der Waals surface area (Å²) in [6.45, 7) is 1.60. The van der Waals surface area contributed by atoms with Gasteiger partial charge in [-0.1, -0.05) is 24.3 Å². The summed E-state index contributed by atoms with van der Waals surface area (Å²) in [5.41, 5.74) is 7.81. The number of benzene rings is 2. The zero-order valence-corrected chi connectivity index (χ0v) is 15.9. The molecule has 0 bridgehead atoms. The molecule has 148 valence electrons. The van der Waals surface area contributed by atoms with E-state index in [2.05, 4.69) is 10.3 Å². The average Bonchev–Trinajstić information content (AvgIpc) is 2.64. The molecule has 0 aromatic heterocycles. The van der Waals surface area contributed by atoms with Crippen molar-refractivity contribution in [1.29, 1.82) is 5.41 Å². The van der Waals surface area contributed by atoms with Crippen molar-refractivity contribution in [2.45, 2.75) is 31.7 Å². The molecule has 2 aromatic rings. The van der Waals surface area contributed by atoms with Gasteiger partial charge in [0, 0.05) is 25.2 Å². The topological polar surface area (TPSA) is 91.3 Å². The molecule has 7 heteroatoms. The van der Waals surface area contributed by atoms with Crippen LogP contribution in [0.15, 0.2) is 53.5 Å². The van der Waals surface area contributed by atoms with Crippen LogP contribution in [-0.2, 0) is 11.2 Å². The van der Waals surface area contributed by atoms with Crippen LogP contribution in [-0.4, -0.2) is 30.5 Å². The van der Waals surface area contributed by atoms with E-state index in [0.717, 1.165) is 5.56 Å². The number of halogens is 2. The molecule has 0 fully saturated rings. The van der Waals surface area contributed by atoms with Crippen molar-refractivity contribution in [1.82, 2.24) is 5.32 Å². The lowest BCUT2D eigenvalue weighted by molar-refractivity contribution is -0.120. The fourth-order valence-electron chi connectivity index (χ4n) is 2.95. The lowest BCUT2D eigenvalue weighted by Crippen LogP contribution is -2.40. The number of amidine groups is 1. The van der Waals surface area contributed by atoms with E-state index in [4.69, 9.17) is 11.1 Å². The summed E-state index contributed by atoms with van der Waals surface area (Å²) in [4.78, 5) is 16.5. The number of aliphatic imine (C=N–C) groups is 1. The summed E-state index contributed by atoms with van der Waals surface area (Å²) in [5.74, 6) is -1.31. The van der Waals surface area contributed by atoms with E-state index in [1.54, 1.807) is 31.2 Å². The summed E-state index contributed by atoms with van der Waals surface area (Å²) in [5, 5.41) is 10.8. The van der Waals surface area contributed by atoms with Gasteiger partial charge in [0.05, 0.1) is 5.92 Å². The van der Waals surface area contributed by atoms with Gasteiger partial charge < -0.3 is 16.5 Å². The van der Waals surface area contributed by atoms with E-state index in [9.17, 15) is 13.6 Å². The number of nitrogens with one attached hydrogen (secondary N) is 2. The highest BCUT2D eigenvalue weighted by Crippen LogP contribution is 2.19. The molecule has 0 aliphatic rings. The lowest BCUT2D eigenvalue weighted by Gasteiger charge is -2.20. The zero-order chi connectivity index (χ0) is 20.7. The maximum atomic E-state index is 13.2. The minimum atomic E-state index is -0.581. The Morgan fingerprint density at radius 2 is 1.64 bits per heavy atom. The summed E-state index contributed by atoms with van der Waals surface area (Å²) in [6, 6.07) is 11.3. The second-order valence-electron chi connectivity index (χ2n) is 6.62. The van der Waals surface area contributed by atoms with Gasteiger partial charge in [0.15, 0.2) is 0 Å². The molecule has 28 heavy (non-hydrogen) atoms. The van der Waals surface area contributed by atoms with E-state index in [0.29, 0.717) is 17.8 Å². The Balaban J connectivity index is 2.03. The molecule has 2 atom stereocenters. The largest absolute Gasteiger partial charge is 0.327 e. The Bertz CT molecular complexity index is 848. The van der Waals surface area contributed by atoms with Crippen LogP contribution in [0.5, 0.6) is 0 Å². The monoisotopic (exact) mass is 386 g/mol. The first-order valence-electron chi connectivity index (χ1n) is 8.87. The molecule has 5 nitrogen and oxygen atoms in total. The third-order valence-corrected chi connectivity index (χ3v) is 4.28. The Kier molecular flexibility index (Phi) is 7.52. The summed E-state index contributed by atoms with van der Waals surface area (Å²) < 4.78 is 26.2. The number of hydrogen-bond acceptors (Lipinski definition) is 4. The van der Waals surface area contributed by atoms with Gasteiger partial charge in [-0.15, -0.1) is 0 Å². The van der Waals surface area contributed by atoms with Gasteiger partial charge in [0.2, 0.25) is 5.91 Å². The van der Waals surface area contributed by atoms with Crippen molar-refractivity contribution >= 4 is 17.5 Å². The summed E-state index contributed by atoms with van der Waals surface area (Å²) in [7, 11) is 1.52. The maximum absolute atomic E-state index is 13.2. The average molecular weight is 386 g/mol. The molecule has 2 aromatic carbocycles. The second-order valence-corrected chi connectivity index (χ2v) is 6.62. The van der Waals surface area contributed by atoms with E-state index < -0.39 is 12.0 Å². The zero-order valence-electron chi connectivity index (χ0n) is 15.9. The number of carbonyl (C=O) groups excluding carboxylic acids is 1. The Hall–Kier alpha value is -2.93. The SMILES string of the molecule is CN=C(NC(=O)CC(N)Cc1ccc(F)cc1)C(C(C)=N)c1ccc(F)cc1. The van der Waals surface area contributed by atoms with Crippen LogP contribution in [0.25, 0.3) is 0 Å². The molecule has 0 aliphatic carbocycles. The van der Waals surface area contributed by atoms with Crippen LogP contribution >= 0.6 is 0 Å². The fraction of sp³-hybridized carbons (Fsp3) is 0.286. The third kappa shape index (κ3) is 6.06. The molecular formula is C21H24F2N4O. The predicted molar refractivity (Wildman–Crippen MR) is 107 cm³/mol. The number of nitrogens with two attached hydrogens (primary N) is 1. The number of nitrogens with zero attached hydrogens (tertiary/aromatic N) is 1. The van der Waals surface area contributed by atoms with Gasteiger partial charge in [0.25, 0.3) is 0 Å². The van der Waals surface area contributed by atoms with Crippen molar-refractivity contribution in [3.63, 3.8) is 0 Å². The van der Waals surface area contributed by atoms with Crippen molar-refractivity contribution in [3.05, 3.63) is 71.3 Å². The standard InChI is InChI=1S/C21H24F2N4O/c1-13(24)20(15-5-9-17(23)10-6-15)21(26-2)27-19(28)12-18(25)11-14-3-7-16(22)8-4-14/h3-10,18,20,24H,11-12,25H2,1-2H3,(H,26,27,28). The van der Waals surface area contributed by atoms with Crippen LogP contribution in [0, 0.1) is 17.0 Å². The molecule has 0 heterocycles. The molecule has 2 rings (SSSR count). The molecule has 0 radical (unpaired) electrons. The first-order valence-corrected chi connectivity index (χ1v) is 8.87. The van der Waals surface area contributed by atoms with Crippen LogP contribution in [0.3, 0.4) is 0 Å². The van der Waals surface area contributed by atoms with Gasteiger partial charge >= 0.3 is 0 Å². The van der Waals surface area contributed by atoms with Crippen molar-refractivity contribution in [2.24, 2.45) is 10.7 Å². The second kappa shape index (κ2) is 9.85. The molecular weight excluding hydrogens is 362 g/mol. The number of carbonyl (C=O) groups is 1. The minimum absolute atomic E-state index is 0.0452. The van der Waals surface area contributed by atoms with E-state index in [1.807, 2.05) is 0 Å². The van der Waals surface area contributed by atoms with Crippen LogP contribution in [0.4, 0.5) is 8.78 Å². The normalized spacial score (nSPS) is 13.7. The lowest BCUT2D eigenvalue weighted by atomic mass is 9.93. The van der Waals surface area contributed by atoms with Crippen molar-refractivity contribution < 1.29 is 13.6 Å². The first-order chi connectivity index (χ1) is 13.3. The molecule has 2 unspecified atom stereocenters. The minimum Gasteiger partial charge on any atom is -0.327 e. The Morgan fingerprint density at radius 3 is 2.14 bits per heavy atom. The van der Waals surface area contributed by atoms with E-state index in [1.165, 1.54) is 31.3 Å². The van der Waals surface area contributed by atoms with Gasteiger partial charge in [0.1, 0.15) is 17.5 Å². The van der Waals surface area contributed by atoms with E-state index >= 15 is 0 Å². The van der Waals surface area contributed by atoms with Gasteiger partial charge in [-0.2, -0.15) is 0 Å². The smallest absolute Gasteiger partial charge is 0.226 e. The number of hydrogen-bond donors (Lipinski definition) is 3. The highest BCUT2D eigenvalue weighted by atomic mass is 19.1. The first kappa shape index (κ1) is 21.4. The molecule has 0 spiro atoms. The number of amides is 1. The molecule has 4 N–H and O–H groups in total. The highest BCUT2D eigenvalue weighted by molar-refractivity contribution is 6.13. The predicted octanol–water partition coefficient (Wildman–Crippen LogP) is 3.19. The molecule has 0 saturated heterocycles. The van der Waals surface area contributed by atoms with Gasteiger partial charge in [-0.25, -0.2) is 8.78 Å². The quantitative estimate of drug-likeness (QED) is 0.504. The van der Waals surface area contributed by atoms with Crippen LogP contribution < -0.4 is 11.1 Å². The maximum Gasteiger partial charge on any atom is 0.226 e. The Labute approximate surface area is 163 Å². The Morgan fingerprint density at radius 1 is 1.11 bits per heavy atom. The molecule has 1 amide bonds. The van der Waals surface area contributed by atoms with Crippen molar-refractivity contribution in [3.8, 4) is 0 Å².